The van der Waals surface area contributed by atoms with Crippen LogP contribution in [0.1, 0.15) is 27.9 Å². The Hall–Kier alpha value is -3.72. The molecule has 2 aromatic heterocycles. The van der Waals surface area contributed by atoms with Crippen molar-refractivity contribution in [1.82, 2.24) is 9.78 Å². The standard InChI is InChI=1S/C23H19FN4O3S/c1-12-17-10-20(32-23(17)28(27-12)11-14-3-5-15(24)6-4-14)22(30)25-16-7-8-19-18(9-16)26-21(29)13(2)31-19/h3-10,13H,11H2,1-2H3,(H,25,30)(H,26,29)/t13-/m0/s1. The van der Waals surface area contributed by atoms with Gasteiger partial charge >= 0.3 is 0 Å². The molecule has 0 fully saturated rings. The molecular formula is C23H19FN4O3S. The van der Waals surface area contributed by atoms with Gasteiger partial charge in [-0.3, -0.25) is 14.3 Å². The van der Waals surface area contributed by atoms with E-state index >= 15 is 0 Å². The number of ether oxygens (including phenoxy) is 1. The van der Waals surface area contributed by atoms with Gasteiger partial charge in [-0.15, -0.1) is 11.3 Å². The van der Waals surface area contributed by atoms with Crippen LogP contribution in [-0.2, 0) is 11.3 Å². The lowest BCUT2D eigenvalue weighted by molar-refractivity contribution is -0.122. The lowest BCUT2D eigenvalue weighted by atomic mass is 10.2. The van der Waals surface area contributed by atoms with Crippen LogP contribution >= 0.6 is 11.3 Å². The molecule has 32 heavy (non-hydrogen) atoms. The number of aromatic nitrogens is 2. The predicted molar refractivity (Wildman–Crippen MR) is 121 cm³/mol. The monoisotopic (exact) mass is 450 g/mol. The Bertz CT molecular complexity index is 1360. The highest BCUT2D eigenvalue weighted by Gasteiger charge is 2.24. The summed E-state index contributed by atoms with van der Waals surface area (Å²) < 4.78 is 20.6. The number of anilines is 2. The first-order valence-corrected chi connectivity index (χ1v) is 10.8. The maximum Gasteiger partial charge on any atom is 0.265 e. The number of aryl methyl sites for hydroxylation is 1. The Kier molecular flexibility index (Phi) is 4.90. The molecular weight excluding hydrogens is 431 g/mol. The van der Waals surface area contributed by atoms with E-state index in [0.29, 0.717) is 28.5 Å². The van der Waals surface area contributed by atoms with Crippen LogP contribution in [0, 0.1) is 12.7 Å². The Balaban J connectivity index is 1.38. The number of rotatable bonds is 4. The maximum atomic E-state index is 13.2. The van der Waals surface area contributed by atoms with Crippen LogP contribution in [0.2, 0.25) is 0 Å². The van der Waals surface area contributed by atoms with Gasteiger partial charge in [-0.2, -0.15) is 5.10 Å². The Morgan fingerprint density at radius 3 is 2.81 bits per heavy atom. The third-order valence-electron chi connectivity index (χ3n) is 5.25. The zero-order valence-corrected chi connectivity index (χ0v) is 18.1. The minimum absolute atomic E-state index is 0.230. The van der Waals surface area contributed by atoms with Crippen molar-refractivity contribution >= 4 is 44.7 Å². The summed E-state index contributed by atoms with van der Waals surface area (Å²) in [4.78, 5) is 26.2. The number of amides is 2. The molecule has 3 heterocycles. The quantitative estimate of drug-likeness (QED) is 0.477. The number of nitrogens with one attached hydrogen (secondary N) is 2. The van der Waals surface area contributed by atoms with Crippen molar-refractivity contribution in [2.45, 2.75) is 26.5 Å². The fraction of sp³-hybridized carbons (Fsp3) is 0.174. The molecule has 0 spiro atoms. The van der Waals surface area contributed by atoms with Crippen LogP contribution in [0.25, 0.3) is 10.2 Å². The number of thiophene rings is 1. The molecule has 0 saturated heterocycles. The number of nitrogens with zero attached hydrogens (tertiary/aromatic N) is 2. The number of carbonyl (C=O) groups is 2. The fourth-order valence-corrected chi connectivity index (χ4v) is 4.63. The molecule has 0 unspecified atom stereocenters. The summed E-state index contributed by atoms with van der Waals surface area (Å²) in [5, 5.41) is 11.1. The Labute approximate surface area is 186 Å². The first-order valence-electron chi connectivity index (χ1n) is 10.0. The molecule has 1 aliphatic rings. The molecule has 0 aliphatic carbocycles. The van der Waals surface area contributed by atoms with Gasteiger partial charge in [-0.25, -0.2) is 4.39 Å². The van der Waals surface area contributed by atoms with Crippen molar-refractivity contribution in [2.24, 2.45) is 0 Å². The topological polar surface area (TPSA) is 85.3 Å². The fourth-order valence-electron chi connectivity index (χ4n) is 3.57. The summed E-state index contributed by atoms with van der Waals surface area (Å²) in [7, 11) is 0. The number of carbonyl (C=O) groups excluding carboxylic acids is 2. The van der Waals surface area contributed by atoms with E-state index in [2.05, 4.69) is 15.7 Å². The molecule has 162 valence electrons. The van der Waals surface area contributed by atoms with Gasteiger partial charge in [0.1, 0.15) is 16.4 Å². The van der Waals surface area contributed by atoms with Gasteiger partial charge in [0.15, 0.2) is 6.10 Å². The molecule has 2 aromatic carbocycles. The van der Waals surface area contributed by atoms with Gasteiger partial charge in [0, 0.05) is 11.1 Å². The Morgan fingerprint density at radius 1 is 1.25 bits per heavy atom. The van der Waals surface area contributed by atoms with E-state index in [0.717, 1.165) is 21.5 Å². The SMILES string of the molecule is Cc1nn(Cc2ccc(F)cc2)c2sc(C(=O)Nc3ccc4c(c3)NC(=O)[C@H](C)O4)cc12. The molecule has 0 radical (unpaired) electrons. The van der Waals surface area contributed by atoms with Crippen LogP contribution in [0.15, 0.2) is 48.5 Å². The molecule has 4 aromatic rings. The molecule has 0 saturated carbocycles. The van der Waals surface area contributed by atoms with Crippen LogP contribution in [-0.4, -0.2) is 27.7 Å². The molecule has 7 nitrogen and oxygen atoms in total. The molecule has 5 rings (SSSR count). The average Bonchev–Trinajstić information content (AvgIpc) is 3.32. The summed E-state index contributed by atoms with van der Waals surface area (Å²) in [6.45, 7) is 4.05. The van der Waals surface area contributed by atoms with Crippen molar-refractivity contribution in [3.8, 4) is 5.75 Å². The normalized spacial score (nSPS) is 15.2. The van der Waals surface area contributed by atoms with E-state index in [1.165, 1.54) is 23.5 Å². The van der Waals surface area contributed by atoms with Crippen LogP contribution in [0.5, 0.6) is 5.75 Å². The molecule has 9 heteroatoms. The van der Waals surface area contributed by atoms with Gasteiger partial charge in [0.25, 0.3) is 11.8 Å². The number of halogens is 1. The van der Waals surface area contributed by atoms with Gasteiger partial charge in [0.2, 0.25) is 0 Å². The van der Waals surface area contributed by atoms with Gasteiger partial charge in [0.05, 0.1) is 22.8 Å². The van der Waals surface area contributed by atoms with Gasteiger partial charge in [-0.05, 0) is 55.8 Å². The van der Waals surface area contributed by atoms with Crippen LogP contribution < -0.4 is 15.4 Å². The number of hydrogen-bond acceptors (Lipinski definition) is 5. The van der Waals surface area contributed by atoms with Crippen molar-refractivity contribution in [1.29, 1.82) is 0 Å². The van der Waals surface area contributed by atoms with E-state index in [9.17, 15) is 14.0 Å². The zero-order valence-electron chi connectivity index (χ0n) is 17.3. The highest BCUT2D eigenvalue weighted by molar-refractivity contribution is 7.20. The molecule has 1 atom stereocenters. The van der Waals surface area contributed by atoms with E-state index in [1.807, 2.05) is 17.7 Å². The van der Waals surface area contributed by atoms with Crippen molar-refractivity contribution in [2.75, 3.05) is 10.6 Å². The summed E-state index contributed by atoms with van der Waals surface area (Å²) in [5.74, 6) is -0.205. The largest absolute Gasteiger partial charge is 0.479 e. The lowest BCUT2D eigenvalue weighted by Crippen LogP contribution is -2.34. The Morgan fingerprint density at radius 2 is 2.03 bits per heavy atom. The maximum absolute atomic E-state index is 13.2. The summed E-state index contributed by atoms with van der Waals surface area (Å²) >= 11 is 1.34. The third-order valence-corrected chi connectivity index (χ3v) is 6.39. The van der Waals surface area contributed by atoms with E-state index in [4.69, 9.17) is 4.74 Å². The molecule has 2 amide bonds. The summed E-state index contributed by atoms with van der Waals surface area (Å²) in [6, 6.07) is 13.2. The third kappa shape index (κ3) is 3.71. The number of hydrogen-bond donors (Lipinski definition) is 2. The highest BCUT2D eigenvalue weighted by atomic mass is 32.1. The number of fused-ring (bicyclic) bond motifs is 2. The van der Waals surface area contributed by atoms with Crippen LogP contribution in [0.3, 0.4) is 0 Å². The first kappa shape index (κ1) is 20.2. The minimum Gasteiger partial charge on any atom is -0.479 e. The minimum atomic E-state index is -0.556. The van der Waals surface area contributed by atoms with Gasteiger partial charge in [-0.1, -0.05) is 12.1 Å². The average molecular weight is 450 g/mol. The summed E-state index contributed by atoms with van der Waals surface area (Å²) in [5.41, 5.74) is 2.81. The van der Waals surface area contributed by atoms with E-state index in [1.54, 1.807) is 37.3 Å². The van der Waals surface area contributed by atoms with Crippen molar-refractivity contribution in [3.05, 3.63) is 70.5 Å². The smallest absolute Gasteiger partial charge is 0.265 e. The predicted octanol–water partition coefficient (Wildman–Crippen LogP) is 4.57. The second kappa shape index (κ2) is 7.76. The number of benzene rings is 2. The second-order valence-corrected chi connectivity index (χ2v) is 8.64. The highest BCUT2D eigenvalue weighted by Crippen LogP contribution is 2.33. The van der Waals surface area contributed by atoms with E-state index in [-0.39, 0.29) is 17.6 Å². The van der Waals surface area contributed by atoms with Gasteiger partial charge < -0.3 is 15.4 Å². The molecule has 1 aliphatic heterocycles. The molecule has 2 N–H and O–H groups in total. The summed E-state index contributed by atoms with van der Waals surface area (Å²) in [6.07, 6.45) is -0.556. The lowest BCUT2D eigenvalue weighted by Gasteiger charge is -2.23. The van der Waals surface area contributed by atoms with Crippen molar-refractivity contribution in [3.63, 3.8) is 0 Å². The zero-order chi connectivity index (χ0) is 22.4. The van der Waals surface area contributed by atoms with E-state index < -0.39 is 6.10 Å². The molecule has 0 bridgehead atoms. The first-order chi connectivity index (χ1) is 15.4. The van der Waals surface area contributed by atoms with Crippen molar-refractivity contribution < 1.29 is 18.7 Å². The van der Waals surface area contributed by atoms with Crippen LogP contribution in [0.4, 0.5) is 15.8 Å². The second-order valence-electron chi connectivity index (χ2n) is 7.61.